The molecule has 0 atom stereocenters. The van der Waals surface area contributed by atoms with E-state index in [-0.39, 0.29) is 17.0 Å². The second-order valence-electron chi connectivity index (χ2n) is 7.49. The van der Waals surface area contributed by atoms with E-state index >= 15 is 0 Å². The van der Waals surface area contributed by atoms with Gasteiger partial charge in [0, 0.05) is 12.1 Å². The molecule has 0 saturated carbocycles. The average molecular weight is 296 g/mol. The van der Waals surface area contributed by atoms with Gasteiger partial charge in [0.2, 0.25) is 5.91 Å². The fraction of sp³-hybridized carbons (Fsp3) is 0.824. The minimum atomic E-state index is -0.599. The predicted octanol–water partition coefficient (Wildman–Crippen LogP) is 3.38. The van der Waals surface area contributed by atoms with E-state index in [1.807, 2.05) is 9.96 Å². The molecule has 0 aromatic rings. The minimum Gasteiger partial charge on any atom is -0.334 e. The number of hydrogen-bond acceptors (Lipinski definition) is 3. The van der Waals surface area contributed by atoms with Crippen LogP contribution in [0.25, 0.3) is 0 Å². The molecule has 0 aromatic carbocycles. The van der Waals surface area contributed by atoms with Crippen molar-refractivity contribution in [2.24, 2.45) is 0 Å². The molecule has 21 heavy (non-hydrogen) atoms. The van der Waals surface area contributed by atoms with Crippen LogP contribution >= 0.6 is 0 Å². The fourth-order valence-corrected chi connectivity index (χ4v) is 3.25. The summed E-state index contributed by atoms with van der Waals surface area (Å²) in [4.78, 5) is 21.1. The van der Waals surface area contributed by atoms with Crippen LogP contribution in [0.3, 0.4) is 0 Å². The van der Waals surface area contributed by atoms with Crippen LogP contribution in [0.2, 0.25) is 0 Å². The molecule has 1 aliphatic heterocycles. The maximum absolute atomic E-state index is 13.2. The first-order valence-electron chi connectivity index (χ1n) is 7.93. The number of carbonyl (C=O) groups is 1. The van der Waals surface area contributed by atoms with Crippen LogP contribution in [0.15, 0.2) is 12.7 Å². The molecular formula is C17H32N2O2. The van der Waals surface area contributed by atoms with E-state index in [2.05, 4.69) is 55.0 Å². The Balaban J connectivity index is 3.33. The summed E-state index contributed by atoms with van der Waals surface area (Å²) >= 11 is 0. The molecule has 1 saturated heterocycles. The van der Waals surface area contributed by atoms with Gasteiger partial charge < -0.3 is 4.90 Å². The quantitative estimate of drug-likeness (QED) is 0.729. The highest BCUT2D eigenvalue weighted by molar-refractivity contribution is 5.88. The fourth-order valence-electron chi connectivity index (χ4n) is 3.25. The zero-order chi connectivity index (χ0) is 16.5. The van der Waals surface area contributed by atoms with E-state index in [1.165, 1.54) is 0 Å². The van der Waals surface area contributed by atoms with Crippen LogP contribution in [0.1, 0.15) is 61.3 Å². The van der Waals surface area contributed by atoms with Crippen molar-refractivity contribution in [3.05, 3.63) is 12.7 Å². The molecule has 0 bridgehead atoms. The van der Waals surface area contributed by atoms with Crippen LogP contribution in [0, 0.1) is 0 Å². The molecule has 0 N–H and O–H groups in total. The molecule has 0 unspecified atom stereocenters. The van der Waals surface area contributed by atoms with Gasteiger partial charge in [-0.3, -0.25) is 9.63 Å². The van der Waals surface area contributed by atoms with Crippen LogP contribution in [0.4, 0.5) is 0 Å². The lowest BCUT2D eigenvalue weighted by Gasteiger charge is -2.58. The van der Waals surface area contributed by atoms with Gasteiger partial charge in [0.25, 0.3) is 0 Å². The molecule has 0 aliphatic carbocycles. The van der Waals surface area contributed by atoms with Gasteiger partial charge in [-0.15, -0.1) is 6.58 Å². The highest BCUT2D eigenvalue weighted by Gasteiger charge is 2.56. The molecule has 1 aliphatic rings. The largest absolute Gasteiger partial charge is 0.334 e. The number of nitrogens with zero attached hydrogens (tertiary/aromatic N) is 2. The van der Waals surface area contributed by atoms with Crippen molar-refractivity contribution < 1.29 is 9.63 Å². The molecule has 1 rings (SSSR count). The van der Waals surface area contributed by atoms with Crippen molar-refractivity contribution in [1.29, 1.82) is 0 Å². The zero-order valence-electron chi connectivity index (χ0n) is 14.8. The Morgan fingerprint density at radius 3 is 2.19 bits per heavy atom. The predicted molar refractivity (Wildman–Crippen MR) is 86.8 cm³/mol. The van der Waals surface area contributed by atoms with E-state index in [0.29, 0.717) is 13.2 Å². The molecule has 4 heteroatoms. The number of hydrogen-bond donors (Lipinski definition) is 0. The number of piperazine rings is 1. The molecule has 1 amide bonds. The summed E-state index contributed by atoms with van der Waals surface area (Å²) in [6, 6.07) is 0. The molecule has 0 spiro atoms. The van der Waals surface area contributed by atoms with E-state index in [0.717, 1.165) is 12.8 Å². The van der Waals surface area contributed by atoms with Crippen molar-refractivity contribution in [1.82, 2.24) is 9.96 Å². The van der Waals surface area contributed by atoms with Crippen molar-refractivity contribution >= 4 is 5.91 Å². The molecule has 0 aromatic heterocycles. The lowest BCUT2D eigenvalue weighted by molar-refractivity contribution is -0.286. The zero-order valence-corrected chi connectivity index (χ0v) is 14.8. The summed E-state index contributed by atoms with van der Waals surface area (Å²) < 4.78 is 0. The third-order valence-electron chi connectivity index (χ3n) is 4.43. The smallest absolute Gasteiger partial charge is 0.245 e. The van der Waals surface area contributed by atoms with Gasteiger partial charge in [0.1, 0.15) is 5.54 Å². The van der Waals surface area contributed by atoms with Gasteiger partial charge in [-0.2, -0.15) is 5.06 Å². The van der Waals surface area contributed by atoms with E-state index < -0.39 is 5.54 Å². The Kier molecular flexibility index (Phi) is 5.27. The van der Waals surface area contributed by atoms with Crippen molar-refractivity contribution in [2.45, 2.75) is 77.9 Å². The van der Waals surface area contributed by atoms with E-state index in [9.17, 15) is 4.79 Å². The molecule has 1 heterocycles. The summed E-state index contributed by atoms with van der Waals surface area (Å²) in [5.41, 5.74) is -1.03. The summed E-state index contributed by atoms with van der Waals surface area (Å²) in [7, 11) is 0. The second kappa shape index (κ2) is 6.09. The Bertz CT molecular complexity index is 392. The SMILES string of the molecule is C=CCON1C(C)(C)CN(C(C)(C)C)C(=O)C1(CC)CC. The lowest BCUT2D eigenvalue weighted by Crippen LogP contribution is -2.75. The van der Waals surface area contributed by atoms with Gasteiger partial charge in [-0.05, 0) is 47.5 Å². The first kappa shape index (κ1) is 18.2. The first-order valence-corrected chi connectivity index (χ1v) is 7.93. The third kappa shape index (κ3) is 3.16. The Morgan fingerprint density at radius 2 is 1.81 bits per heavy atom. The molecule has 4 nitrogen and oxygen atoms in total. The lowest BCUT2D eigenvalue weighted by atomic mass is 9.81. The Morgan fingerprint density at radius 1 is 1.29 bits per heavy atom. The van der Waals surface area contributed by atoms with Crippen molar-refractivity contribution in [3.63, 3.8) is 0 Å². The van der Waals surface area contributed by atoms with Gasteiger partial charge in [0.05, 0.1) is 12.1 Å². The second-order valence-corrected chi connectivity index (χ2v) is 7.49. The van der Waals surface area contributed by atoms with E-state index in [4.69, 9.17) is 4.84 Å². The topological polar surface area (TPSA) is 32.8 Å². The van der Waals surface area contributed by atoms with E-state index in [1.54, 1.807) is 6.08 Å². The van der Waals surface area contributed by atoms with Crippen molar-refractivity contribution in [2.75, 3.05) is 13.2 Å². The standard InChI is InChI=1S/C17H32N2O2/c1-9-12-21-19-16(7,8)13-18(15(4,5)6)14(20)17(19,10-2)11-3/h9H,1,10-13H2,2-8H3. The first-order chi connectivity index (χ1) is 9.56. The summed E-state index contributed by atoms with van der Waals surface area (Å²) in [5, 5.41) is 1.94. The van der Waals surface area contributed by atoms with Crippen molar-refractivity contribution in [3.8, 4) is 0 Å². The normalized spacial score (nSPS) is 22.4. The maximum atomic E-state index is 13.2. The number of carbonyl (C=O) groups excluding carboxylic acids is 1. The van der Waals surface area contributed by atoms with Crippen LogP contribution in [-0.4, -0.2) is 45.6 Å². The number of amides is 1. The summed E-state index contributed by atoms with van der Waals surface area (Å²) in [5.74, 6) is 0.170. The van der Waals surface area contributed by atoms with Crippen LogP contribution in [0.5, 0.6) is 0 Å². The molecular weight excluding hydrogens is 264 g/mol. The number of hydroxylamine groups is 2. The molecule has 122 valence electrons. The monoisotopic (exact) mass is 296 g/mol. The van der Waals surface area contributed by atoms with Gasteiger partial charge in [-0.1, -0.05) is 19.9 Å². The molecule has 1 fully saturated rings. The highest BCUT2D eigenvalue weighted by atomic mass is 16.7. The number of rotatable bonds is 5. The average Bonchev–Trinajstić information content (AvgIpc) is 2.38. The Labute approximate surface area is 130 Å². The maximum Gasteiger partial charge on any atom is 0.245 e. The summed E-state index contributed by atoms with van der Waals surface area (Å²) in [6.45, 7) is 19.5. The van der Waals surface area contributed by atoms with Gasteiger partial charge in [-0.25, -0.2) is 0 Å². The third-order valence-corrected chi connectivity index (χ3v) is 4.43. The van der Waals surface area contributed by atoms with Gasteiger partial charge in [0.15, 0.2) is 0 Å². The highest BCUT2D eigenvalue weighted by Crippen LogP contribution is 2.40. The Hall–Kier alpha value is -0.870. The molecule has 0 radical (unpaired) electrons. The van der Waals surface area contributed by atoms with Gasteiger partial charge >= 0.3 is 0 Å². The van der Waals surface area contributed by atoms with Crippen LogP contribution < -0.4 is 0 Å². The van der Waals surface area contributed by atoms with Crippen LogP contribution in [-0.2, 0) is 9.63 Å². The summed E-state index contributed by atoms with van der Waals surface area (Å²) in [6.07, 6.45) is 3.19. The minimum absolute atomic E-state index is 0.170.